The van der Waals surface area contributed by atoms with Crippen molar-refractivity contribution in [1.29, 1.82) is 0 Å². The van der Waals surface area contributed by atoms with Crippen LogP contribution in [-0.2, 0) is 9.53 Å². The van der Waals surface area contributed by atoms with Crippen molar-refractivity contribution in [2.24, 2.45) is 0 Å². The molecule has 0 spiro atoms. The van der Waals surface area contributed by atoms with Crippen LogP contribution in [0.4, 0.5) is 0 Å². The number of hydrogen-bond donors (Lipinski definition) is 1. The molecule has 0 bridgehead atoms. The number of nitrogens with one attached hydrogen (secondary N) is 1. The second-order valence-corrected chi connectivity index (χ2v) is 4.77. The Bertz CT molecular complexity index is 396. The van der Waals surface area contributed by atoms with E-state index in [0.29, 0.717) is 18.9 Å². The molecule has 1 aromatic rings. The van der Waals surface area contributed by atoms with Gasteiger partial charge >= 0.3 is 0 Å². The van der Waals surface area contributed by atoms with E-state index in [1.54, 1.807) is 7.11 Å². The molecule has 0 fully saturated rings. The van der Waals surface area contributed by atoms with E-state index in [1.165, 1.54) is 0 Å². The number of benzene rings is 1. The second-order valence-electron chi connectivity index (χ2n) is 3.92. The van der Waals surface area contributed by atoms with Crippen molar-refractivity contribution >= 4 is 21.8 Å². The van der Waals surface area contributed by atoms with Gasteiger partial charge in [-0.05, 0) is 47.0 Å². The zero-order valence-corrected chi connectivity index (χ0v) is 12.2. The Kier molecular flexibility index (Phi) is 6.75. The predicted molar refractivity (Wildman–Crippen MR) is 73.9 cm³/mol. The molecular formula is C13H18BrNO3. The van der Waals surface area contributed by atoms with Crippen LogP contribution in [-0.4, -0.2) is 32.8 Å². The average Bonchev–Trinajstić information content (AvgIpc) is 2.33. The quantitative estimate of drug-likeness (QED) is 0.785. The molecular weight excluding hydrogens is 298 g/mol. The van der Waals surface area contributed by atoms with Crippen LogP contribution in [0.2, 0.25) is 0 Å². The van der Waals surface area contributed by atoms with E-state index in [-0.39, 0.29) is 12.5 Å². The molecule has 0 aliphatic heterocycles. The van der Waals surface area contributed by atoms with Crippen molar-refractivity contribution in [3.63, 3.8) is 0 Å². The average molecular weight is 316 g/mol. The van der Waals surface area contributed by atoms with Gasteiger partial charge in [0.05, 0.1) is 4.47 Å². The van der Waals surface area contributed by atoms with Crippen LogP contribution in [0.5, 0.6) is 5.75 Å². The second kappa shape index (κ2) is 8.11. The summed E-state index contributed by atoms with van der Waals surface area (Å²) in [7, 11) is 1.64. The molecule has 0 unspecified atom stereocenters. The van der Waals surface area contributed by atoms with Crippen LogP contribution < -0.4 is 10.1 Å². The lowest BCUT2D eigenvalue weighted by atomic mass is 10.2. The summed E-state index contributed by atoms with van der Waals surface area (Å²) in [6.07, 6.45) is 0.802. The molecule has 0 aliphatic rings. The first kappa shape index (κ1) is 15.0. The van der Waals surface area contributed by atoms with Gasteiger partial charge in [0, 0.05) is 20.3 Å². The molecule has 1 aromatic carbocycles. The number of carbonyl (C=O) groups excluding carboxylic acids is 1. The van der Waals surface area contributed by atoms with Crippen molar-refractivity contribution in [1.82, 2.24) is 5.32 Å². The zero-order chi connectivity index (χ0) is 13.4. The molecule has 0 radical (unpaired) electrons. The van der Waals surface area contributed by atoms with E-state index in [2.05, 4.69) is 21.2 Å². The highest BCUT2D eigenvalue weighted by Crippen LogP contribution is 2.25. The number of hydrogen-bond acceptors (Lipinski definition) is 3. The van der Waals surface area contributed by atoms with E-state index in [0.717, 1.165) is 16.5 Å². The number of ether oxygens (including phenoxy) is 2. The number of carbonyl (C=O) groups is 1. The maximum Gasteiger partial charge on any atom is 0.257 e. The highest BCUT2D eigenvalue weighted by molar-refractivity contribution is 9.10. The number of halogens is 1. The lowest BCUT2D eigenvalue weighted by Gasteiger charge is -2.09. The minimum atomic E-state index is -0.126. The van der Waals surface area contributed by atoms with Crippen LogP contribution >= 0.6 is 15.9 Å². The Morgan fingerprint density at radius 2 is 2.22 bits per heavy atom. The summed E-state index contributed by atoms with van der Waals surface area (Å²) in [5.41, 5.74) is 1.14. The molecule has 0 aromatic heterocycles. The summed E-state index contributed by atoms with van der Waals surface area (Å²) in [5, 5.41) is 2.76. The third kappa shape index (κ3) is 5.51. The van der Waals surface area contributed by atoms with Crippen LogP contribution in [0.3, 0.4) is 0 Å². The molecule has 0 atom stereocenters. The number of amides is 1. The van der Waals surface area contributed by atoms with Gasteiger partial charge in [-0.25, -0.2) is 0 Å². The monoisotopic (exact) mass is 315 g/mol. The molecule has 0 aliphatic carbocycles. The number of rotatable bonds is 7. The fraction of sp³-hybridized carbons (Fsp3) is 0.462. The van der Waals surface area contributed by atoms with Crippen molar-refractivity contribution in [2.45, 2.75) is 13.3 Å². The number of methoxy groups -OCH3 is 1. The third-order valence-electron chi connectivity index (χ3n) is 2.29. The Morgan fingerprint density at radius 1 is 1.44 bits per heavy atom. The molecule has 0 saturated heterocycles. The van der Waals surface area contributed by atoms with Crippen molar-refractivity contribution in [2.75, 3.05) is 26.9 Å². The summed E-state index contributed by atoms with van der Waals surface area (Å²) < 4.78 is 11.2. The summed E-state index contributed by atoms with van der Waals surface area (Å²) in [4.78, 5) is 11.5. The topological polar surface area (TPSA) is 47.6 Å². The largest absolute Gasteiger partial charge is 0.483 e. The van der Waals surface area contributed by atoms with E-state index in [4.69, 9.17) is 9.47 Å². The van der Waals surface area contributed by atoms with E-state index in [9.17, 15) is 4.79 Å². The minimum Gasteiger partial charge on any atom is -0.483 e. The molecule has 4 nitrogen and oxygen atoms in total. The summed E-state index contributed by atoms with van der Waals surface area (Å²) in [5.74, 6) is 0.547. The predicted octanol–water partition coefficient (Wildman–Crippen LogP) is 2.29. The van der Waals surface area contributed by atoms with Gasteiger partial charge in [0.2, 0.25) is 0 Å². The molecule has 1 rings (SSSR count). The van der Waals surface area contributed by atoms with Gasteiger partial charge in [0.15, 0.2) is 6.61 Å². The van der Waals surface area contributed by atoms with E-state index < -0.39 is 0 Å². The maximum absolute atomic E-state index is 11.5. The Labute approximate surface area is 116 Å². The normalized spacial score (nSPS) is 10.2. The molecule has 0 saturated carbocycles. The summed E-state index contributed by atoms with van der Waals surface area (Å²) in [6.45, 7) is 3.27. The summed E-state index contributed by atoms with van der Waals surface area (Å²) >= 11 is 3.40. The fourth-order valence-electron chi connectivity index (χ4n) is 1.36. The van der Waals surface area contributed by atoms with Gasteiger partial charge in [-0.3, -0.25) is 4.79 Å². The minimum absolute atomic E-state index is 0.0225. The highest BCUT2D eigenvalue weighted by atomic mass is 79.9. The van der Waals surface area contributed by atoms with Crippen molar-refractivity contribution in [3.8, 4) is 5.75 Å². The molecule has 0 heterocycles. The molecule has 5 heteroatoms. The molecule has 1 N–H and O–H groups in total. The number of aryl methyl sites for hydroxylation is 1. The Hall–Kier alpha value is -1.07. The SMILES string of the molecule is COCCCNC(=O)COc1ccc(C)cc1Br. The molecule has 18 heavy (non-hydrogen) atoms. The maximum atomic E-state index is 11.5. The Balaban J connectivity index is 2.29. The smallest absolute Gasteiger partial charge is 0.257 e. The van der Waals surface area contributed by atoms with Gasteiger partial charge in [-0.1, -0.05) is 6.07 Å². The lowest BCUT2D eigenvalue weighted by Crippen LogP contribution is -2.30. The third-order valence-corrected chi connectivity index (χ3v) is 2.91. The first-order chi connectivity index (χ1) is 8.63. The van der Waals surface area contributed by atoms with Crippen molar-refractivity contribution in [3.05, 3.63) is 28.2 Å². The summed E-state index contributed by atoms with van der Waals surface area (Å²) in [6, 6.07) is 5.74. The Morgan fingerprint density at radius 3 is 2.89 bits per heavy atom. The van der Waals surface area contributed by atoms with Gasteiger partial charge in [0.1, 0.15) is 5.75 Å². The first-order valence-electron chi connectivity index (χ1n) is 5.78. The zero-order valence-electron chi connectivity index (χ0n) is 10.7. The first-order valence-corrected chi connectivity index (χ1v) is 6.57. The van der Waals surface area contributed by atoms with Gasteiger partial charge < -0.3 is 14.8 Å². The van der Waals surface area contributed by atoms with Crippen LogP contribution in [0.1, 0.15) is 12.0 Å². The van der Waals surface area contributed by atoms with Gasteiger partial charge in [0.25, 0.3) is 5.91 Å². The van der Waals surface area contributed by atoms with Gasteiger partial charge in [-0.15, -0.1) is 0 Å². The van der Waals surface area contributed by atoms with Crippen LogP contribution in [0.25, 0.3) is 0 Å². The van der Waals surface area contributed by atoms with E-state index in [1.807, 2.05) is 25.1 Å². The standard InChI is InChI=1S/C13H18BrNO3/c1-10-4-5-12(11(14)8-10)18-9-13(16)15-6-3-7-17-2/h4-5,8H,3,6-7,9H2,1-2H3,(H,15,16). The highest BCUT2D eigenvalue weighted by Gasteiger charge is 2.05. The lowest BCUT2D eigenvalue weighted by molar-refractivity contribution is -0.123. The van der Waals surface area contributed by atoms with E-state index >= 15 is 0 Å². The van der Waals surface area contributed by atoms with Crippen LogP contribution in [0.15, 0.2) is 22.7 Å². The molecule has 100 valence electrons. The fourth-order valence-corrected chi connectivity index (χ4v) is 1.97. The molecule has 1 amide bonds. The van der Waals surface area contributed by atoms with Gasteiger partial charge in [-0.2, -0.15) is 0 Å². The van der Waals surface area contributed by atoms with Crippen LogP contribution in [0, 0.1) is 6.92 Å². The van der Waals surface area contributed by atoms with Crippen molar-refractivity contribution < 1.29 is 14.3 Å².